The van der Waals surface area contributed by atoms with Crippen molar-refractivity contribution in [2.75, 3.05) is 7.05 Å². The lowest BCUT2D eigenvalue weighted by Gasteiger charge is -2.19. The zero-order chi connectivity index (χ0) is 14.7. The first-order valence-corrected chi connectivity index (χ1v) is 7.17. The number of rotatable bonds is 4. The van der Waals surface area contributed by atoms with Gasteiger partial charge in [-0.1, -0.05) is 28.1 Å². The third-order valence-electron chi connectivity index (χ3n) is 3.24. The Hall–Kier alpha value is -1.26. The van der Waals surface area contributed by atoms with Gasteiger partial charge >= 0.3 is 0 Å². The number of hydrogen-bond donors (Lipinski definition) is 1. The lowest BCUT2D eigenvalue weighted by atomic mass is 9.98. The van der Waals surface area contributed by atoms with Crippen LogP contribution < -0.4 is 5.32 Å². The molecule has 1 nitrogen and oxygen atoms in total. The molecule has 0 fully saturated rings. The molecule has 0 bridgehead atoms. The molecule has 4 heteroatoms. The van der Waals surface area contributed by atoms with Crippen LogP contribution in [0.15, 0.2) is 40.9 Å². The molecule has 0 amide bonds. The summed E-state index contributed by atoms with van der Waals surface area (Å²) in [6.07, 6.45) is 0.521. The van der Waals surface area contributed by atoms with Gasteiger partial charge in [-0.25, -0.2) is 8.78 Å². The predicted molar refractivity (Wildman–Crippen MR) is 80.7 cm³/mol. The molecule has 2 aromatic rings. The molecular weight excluding hydrogens is 324 g/mol. The smallest absolute Gasteiger partial charge is 0.126 e. The van der Waals surface area contributed by atoms with E-state index in [1.807, 2.05) is 32.2 Å². The van der Waals surface area contributed by atoms with Crippen LogP contribution in [0.4, 0.5) is 8.78 Å². The van der Waals surface area contributed by atoms with Crippen LogP contribution in [0.2, 0.25) is 0 Å². The molecule has 0 spiro atoms. The number of aryl methyl sites for hydroxylation is 1. The molecule has 1 atom stereocenters. The van der Waals surface area contributed by atoms with Crippen LogP contribution in [0.3, 0.4) is 0 Å². The van der Waals surface area contributed by atoms with Gasteiger partial charge in [0.15, 0.2) is 0 Å². The zero-order valence-corrected chi connectivity index (χ0v) is 13.0. The second-order valence-electron chi connectivity index (χ2n) is 4.85. The maximum atomic E-state index is 13.2. The summed E-state index contributed by atoms with van der Waals surface area (Å²) < 4.78 is 27.5. The first-order valence-electron chi connectivity index (χ1n) is 6.38. The van der Waals surface area contributed by atoms with Crippen molar-refractivity contribution in [3.63, 3.8) is 0 Å². The average Bonchev–Trinajstić information content (AvgIpc) is 2.35. The fourth-order valence-electron chi connectivity index (χ4n) is 2.25. The Bertz CT molecular complexity index is 593. The Kier molecular flexibility index (Phi) is 4.89. The molecule has 0 aliphatic heterocycles. The highest BCUT2D eigenvalue weighted by molar-refractivity contribution is 9.10. The quantitative estimate of drug-likeness (QED) is 0.862. The summed E-state index contributed by atoms with van der Waals surface area (Å²) in [5.41, 5.74) is 2.87. The van der Waals surface area contributed by atoms with Crippen molar-refractivity contribution in [3.8, 4) is 0 Å². The number of likely N-dealkylation sites (N-methyl/N-ethyl adjacent to an activating group) is 1. The molecule has 0 aromatic heterocycles. The zero-order valence-electron chi connectivity index (χ0n) is 11.4. The number of nitrogens with one attached hydrogen (secondary N) is 1. The monoisotopic (exact) mass is 339 g/mol. The van der Waals surface area contributed by atoms with Crippen molar-refractivity contribution in [2.45, 2.75) is 19.4 Å². The Labute approximate surface area is 126 Å². The molecule has 2 aromatic carbocycles. The molecular formula is C16H16BrF2N. The number of benzene rings is 2. The van der Waals surface area contributed by atoms with Gasteiger partial charge in [-0.2, -0.15) is 0 Å². The van der Waals surface area contributed by atoms with Crippen LogP contribution >= 0.6 is 15.9 Å². The summed E-state index contributed by atoms with van der Waals surface area (Å²) in [5.74, 6) is -1.09. The van der Waals surface area contributed by atoms with E-state index < -0.39 is 11.6 Å². The van der Waals surface area contributed by atoms with Crippen molar-refractivity contribution < 1.29 is 8.78 Å². The Morgan fingerprint density at radius 2 is 1.75 bits per heavy atom. The lowest BCUT2D eigenvalue weighted by molar-refractivity contribution is 0.561. The van der Waals surface area contributed by atoms with Crippen molar-refractivity contribution in [1.82, 2.24) is 5.32 Å². The standard InChI is InChI=1S/C16H16BrF2N/c1-10-3-4-14(15(17)5-10)16(20-2)8-11-6-12(18)9-13(19)7-11/h3-7,9,16,20H,8H2,1-2H3. The fraction of sp³-hybridized carbons (Fsp3) is 0.250. The maximum absolute atomic E-state index is 13.2. The number of halogens is 3. The minimum Gasteiger partial charge on any atom is -0.313 e. The molecule has 0 heterocycles. The largest absolute Gasteiger partial charge is 0.313 e. The van der Waals surface area contributed by atoms with Gasteiger partial charge in [0, 0.05) is 16.6 Å². The Morgan fingerprint density at radius 1 is 1.10 bits per heavy atom. The van der Waals surface area contributed by atoms with E-state index in [1.165, 1.54) is 12.1 Å². The minimum absolute atomic E-state index is 0.00817. The normalized spacial score (nSPS) is 12.4. The minimum atomic E-state index is -0.544. The molecule has 1 N–H and O–H groups in total. The topological polar surface area (TPSA) is 12.0 Å². The van der Waals surface area contributed by atoms with Gasteiger partial charge in [0.2, 0.25) is 0 Å². The molecule has 0 aliphatic rings. The summed E-state index contributed by atoms with van der Waals surface area (Å²) in [6.45, 7) is 2.02. The average molecular weight is 340 g/mol. The highest BCUT2D eigenvalue weighted by Crippen LogP contribution is 2.27. The van der Waals surface area contributed by atoms with Crippen molar-refractivity contribution in [2.24, 2.45) is 0 Å². The van der Waals surface area contributed by atoms with E-state index >= 15 is 0 Å². The van der Waals surface area contributed by atoms with E-state index in [2.05, 4.69) is 21.2 Å². The molecule has 20 heavy (non-hydrogen) atoms. The van der Waals surface area contributed by atoms with Crippen LogP contribution in [-0.2, 0) is 6.42 Å². The van der Waals surface area contributed by atoms with Crippen LogP contribution in [0.5, 0.6) is 0 Å². The lowest BCUT2D eigenvalue weighted by Crippen LogP contribution is -2.19. The third kappa shape index (κ3) is 3.64. The highest BCUT2D eigenvalue weighted by atomic mass is 79.9. The van der Waals surface area contributed by atoms with Gasteiger partial charge in [0.25, 0.3) is 0 Å². The molecule has 0 saturated heterocycles. The van der Waals surface area contributed by atoms with Crippen LogP contribution in [0, 0.1) is 18.6 Å². The number of hydrogen-bond acceptors (Lipinski definition) is 1. The SMILES string of the molecule is CNC(Cc1cc(F)cc(F)c1)c1ccc(C)cc1Br. The van der Waals surface area contributed by atoms with Crippen LogP contribution in [-0.4, -0.2) is 7.05 Å². The summed E-state index contributed by atoms with van der Waals surface area (Å²) >= 11 is 3.54. The second-order valence-corrected chi connectivity index (χ2v) is 5.70. The van der Waals surface area contributed by atoms with Gasteiger partial charge in [-0.15, -0.1) is 0 Å². The first-order chi connectivity index (χ1) is 9.49. The van der Waals surface area contributed by atoms with Gasteiger partial charge in [-0.3, -0.25) is 0 Å². The summed E-state index contributed by atoms with van der Waals surface area (Å²) in [4.78, 5) is 0. The summed E-state index contributed by atoms with van der Waals surface area (Å²) in [5, 5.41) is 3.19. The Balaban J connectivity index is 2.28. The van der Waals surface area contributed by atoms with E-state index in [4.69, 9.17) is 0 Å². The molecule has 1 unspecified atom stereocenters. The van der Waals surface area contributed by atoms with Crippen molar-refractivity contribution >= 4 is 15.9 Å². The fourth-order valence-corrected chi connectivity index (χ4v) is 3.02. The summed E-state index contributed by atoms with van der Waals surface area (Å²) in [7, 11) is 1.84. The predicted octanol–water partition coefficient (Wildman–Crippen LogP) is 4.54. The maximum Gasteiger partial charge on any atom is 0.126 e. The second kappa shape index (κ2) is 6.46. The van der Waals surface area contributed by atoms with Gasteiger partial charge in [-0.05, 0) is 55.3 Å². The van der Waals surface area contributed by atoms with Gasteiger partial charge < -0.3 is 5.32 Å². The van der Waals surface area contributed by atoms with Crippen LogP contribution in [0.1, 0.15) is 22.7 Å². The van der Waals surface area contributed by atoms with Crippen LogP contribution in [0.25, 0.3) is 0 Å². The molecule has 0 aliphatic carbocycles. The molecule has 0 saturated carbocycles. The third-order valence-corrected chi connectivity index (χ3v) is 3.93. The van der Waals surface area contributed by atoms with Gasteiger partial charge in [0.05, 0.1) is 0 Å². The Morgan fingerprint density at radius 3 is 2.30 bits per heavy atom. The van der Waals surface area contributed by atoms with E-state index in [0.717, 1.165) is 21.7 Å². The first kappa shape index (κ1) is 15.1. The van der Waals surface area contributed by atoms with E-state index in [-0.39, 0.29) is 6.04 Å². The van der Waals surface area contributed by atoms with Crippen molar-refractivity contribution in [3.05, 3.63) is 69.2 Å². The van der Waals surface area contributed by atoms with E-state index in [9.17, 15) is 8.78 Å². The highest BCUT2D eigenvalue weighted by Gasteiger charge is 2.14. The summed E-state index contributed by atoms with van der Waals surface area (Å²) in [6, 6.07) is 9.70. The van der Waals surface area contributed by atoms with E-state index in [1.54, 1.807) is 0 Å². The molecule has 0 radical (unpaired) electrons. The van der Waals surface area contributed by atoms with Crippen molar-refractivity contribution in [1.29, 1.82) is 0 Å². The molecule has 106 valence electrons. The molecule has 2 rings (SSSR count). The van der Waals surface area contributed by atoms with E-state index in [0.29, 0.717) is 12.0 Å². The van der Waals surface area contributed by atoms with Gasteiger partial charge in [0.1, 0.15) is 11.6 Å².